The van der Waals surface area contributed by atoms with Gasteiger partial charge in [-0.15, -0.1) is 0 Å². The number of unbranched alkanes of at least 4 members (excludes halogenated alkanes) is 5. The van der Waals surface area contributed by atoms with Crippen LogP contribution in [0.15, 0.2) is 24.3 Å². The Morgan fingerprint density at radius 2 is 1.62 bits per heavy atom. The van der Waals surface area contributed by atoms with E-state index >= 15 is 0 Å². The first-order chi connectivity index (χ1) is 10.2. The number of carbonyl (C=O) groups excluding carboxylic acids is 1. The lowest BCUT2D eigenvalue weighted by molar-refractivity contribution is -0.143. The standard InChI is InChI=1S/C19H30O2/c1-3-4-5-6-7-8-16-21-19(20)11-9-10-18-14-12-17(2)13-15-18/h12-15H,3-11,16H2,1-2H3. The van der Waals surface area contributed by atoms with E-state index in [1.54, 1.807) is 0 Å². The zero-order valence-corrected chi connectivity index (χ0v) is 13.7. The van der Waals surface area contributed by atoms with Crippen molar-refractivity contribution in [1.82, 2.24) is 0 Å². The number of carbonyl (C=O) groups is 1. The van der Waals surface area contributed by atoms with E-state index in [9.17, 15) is 4.79 Å². The molecule has 0 aliphatic heterocycles. The van der Waals surface area contributed by atoms with Crippen LogP contribution in [-0.4, -0.2) is 12.6 Å². The van der Waals surface area contributed by atoms with Gasteiger partial charge in [0.2, 0.25) is 0 Å². The molecule has 2 nitrogen and oxygen atoms in total. The molecule has 0 N–H and O–H groups in total. The molecule has 0 fully saturated rings. The predicted octanol–water partition coefficient (Wildman–Crippen LogP) is 5.22. The number of ether oxygens (including phenoxy) is 1. The molecule has 1 aromatic carbocycles. The van der Waals surface area contributed by atoms with Crippen molar-refractivity contribution in [2.24, 2.45) is 0 Å². The van der Waals surface area contributed by atoms with Crippen molar-refractivity contribution in [3.8, 4) is 0 Å². The minimum absolute atomic E-state index is 0.0457. The second-order valence-electron chi connectivity index (χ2n) is 5.83. The fourth-order valence-corrected chi connectivity index (χ4v) is 2.33. The van der Waals surface area contributed by atoms with Crippen LogP contribution >= 0.6 is 0 Å². The third kappa shape index (κ3) is 9.28. The monoisotopic (exact) mass is 290 g/mol. The van der Waals surface area contributed by atoms with Crippen molar-refractivity contribution in [3.63, 3.8) is 0 Å². The Bertz CT molecular complexity index is 381. The van der Waals surface area contributed by atoms with Crippen molar-refractivity contribution in [2.75, 3.05) is 6.61 Å². The maximum Gasteiger partial charge on any atom is 0.305 e. The molecule has 21 heavy (non-hydrogen) atoms. The van der Waals surface area contributed by atoms with Gasteiger partial charge in [0.05, 0.1) is 6.61 Å². The number of benzene rings is 1. The summed E-state index contributed by atoms with van der Waals surface area (Å²) >= 11 is 0. The van der Waals surface area contributed by atoms with Crippen LogP contribution in [-0.2, 0) is 16.0 Å². The number of hydrogen-bond acceptors (Lipinski definition) is 2. The van der Waals surface area contributed by atoms with Gasteiger partial charge in [0, 0.05) is 6.42 Å². The predicted molar refractivity (Wildman–Crippen MR) is 88.5 cm³/mol. The highest BCUT2D eigenvalue weighted by Gasteiger charge is 2.03. The van der Waals surface area contributed by atoms with E-state index in [0.29, 0.717) is 13.0 Å². The summed E-state index contributed by atoms with van der Waals surface area (Å²) in [7, 11) is 0. The largest absolute Gasteiger partial charge is 0.466 e. The first kappa shape index (κ1) is 17.7. The van der Waals surface area contributed by atoms with Gasteiger partial charge in [-0.3, -0.25) is 4.79 Å². The van der Waals surface area contributed by atoms with Crippen molar-refractivity contribution >= 4 is 5.97 Å². The van der Waals surface area contributed by atoms with E-state index in [1.807, 2.05) is 0 Å². The normalized spacial score (nSPS) is 10.6. The molecule has 0 unspecified atom stereocenters. The summed E-state index contributed by atoms with van der Waals surface area (Å²) in [6.45, 7) is 4.90. The minimum atomic E-state index is -0.0457. The Hall–Kier alpha value is -1.31. The highest BCUT2D eigenvalue weighted by molar-refractivity contribution is 5.69. The lowest BCUT2D eigenvalue weighted by Crippen LogP contribution is -2.06. The molecule has 0 heterocycles. The second-order valence-corrected chi connectivity index (χ2v) is 5.83. The first-order valence-electron chi connectivity index (χ1n) is 8.43. The highest BCUT2D eigenvalue weighted by atomic mass is 16.5. The Morgan fingerprint density at radius 1 is 0.952 bits per heavy atom. The van der Waals surface area contributed by atoms with Crippen LogP contribution < -0.4 is 0 Å². The topological polar surface area (TPSA) is 26.3 Å². The van der Waals surface area contributed by atoms with Crippen LogP contribution in [0.4, 0.5) is 0 Å². The molecule has 0 spiro atoms. The Balaban J connectivity index is 1.97. The van der Waals surface area contributed by atoms with E-state index < -0.39 is 0 Å². The fraction of sp³-hybridized carbons (Fsp3) is 0.632. The third-order valence-electron chi connectivity index (χ3n) is 3.73. The van der Waals surface area contributed by atoms with Crippen LogP contribution in [0.25, 0.3) is 0 Å². The molecule has 0 saturated heterocycles. The SMILES string of the molecule is CCCCCCCCOC(=O)CCCc1ccc(C)cc1. The highest BCUT2D eigenvalue weighted by Crippen LogP contribution is 2.08. The summed E-state index contributed by atoms with van der Waals surface area (Å²) in [4.78, 5) is 11.6. The van der Waals surface area contributed by atoms with Crippen molar-refractivity contribution in [3.05, 3.63) is 35.4 Å². The van der Waals surface area contributed by atoms with Crippen molar-refractivity contribution < 1.29 is 9.53 Å². The van der Waals surface area contributed by atoms with Crippen molar-refractivity contribution in [1.29, 1.82) is 0 Å². The zero-order chi connectivity index (χ0) is 15.3. The summed E-state index contributed by atoms with van der Waals surface area (Å²) in [5.41, 5.74) is 2.57. The molecule has 0 aliphatic rings. The van der Waals surface area contributed by atoms with Crippen molar-refractivity contribution in [2.45, 2.75) is 71.6 Å². The van der Waals surface area contributed by atoms with Gasteiger partial charge < -0.3 is 4.74 Å². The Morgan fingerprint density at radius 3 is 2.33 bits per heavy atom. The summed E-state index contributed by atoms with van der Waals surface area (Å²) in [5, 5.41) is 0. The second kappa shape index (κ2) is 11.4. The van der Waals surface area contributed by atoms with Gasteiger partial charge in [-0.1, -0.05) is 68.9 Å². The quantitative estimate of drug-likeness (QED) is 0.412. The van der Waals surface area contributed by atoms with E-state index in [1.165, 1.54) is 43.2 Å². The van der Waals surface area contributed by atoms with Gasteiger partial charge in [-0.25, -0.2) is 0 Å². The lowest BCUT2D eigenvalue weighted by Gasteiger charge is -2.05. The van der Waals surface area contributed by atoms with Crippen LogP contribution in [0, 0.1) is 6.92 Å². The number of esters is 1. The third-order valence-corrected chi connectivity index (χ3v) is 3.73. The molecule has 0 amide bonds. The zero-order valence-electron chi connectivity index (χ0n) is 13.7. The smallest absolute Gasteiger partial charge is 0.305 e. The minimum Gasteiger partial charge on any atom is -0.466 e. The van der Waals surface area contributed by atoms with Gasteiger partial charge >= 0.3 is 5.97 Å². The summed E-state index contributed by atoms with van der Waals surface area (Å²) in [5.74, 6) is -0.0457. The van der Waals surface area contributed by atoms with E-state index in [-0.39, 0.29) is 5.97 Å². The average molecular weight is 290 g/mol. The van der Waals surface area contributed by atoms with Gasteiger partial charge in [-0.05, 0) is 31.7 Å². The van der Waals surface area contributed by atoms with Crippen LogP contribution in [0.3, 0.4) is 0 Å². The molecule has 1 rings (SSSR count). The van der Waals surface area contributed by atoms with Crippen LogP contribution in [0.1, 0.15) is 69.4 Å². The molecule has 0 bridgehead atoms. The van der Waals surface area contributed by atoms with Crippen LogP contribution in [0.5, 0.6) is 0 Å². The van der Waals surface area contributed by atoms with E-state index in [2.05, 4.69) is 38.1 Å². The maximum absolute atomic E-state index is 11.6. The van der Waals surface area contributed by atoms with E-state index in [0.717, 1.165) is 19.3 Å². The van der Waals surface area contributed by atoms with Gasteiger partial charge in [0.15, 0.2) is 0 Å². The first-order valence-corrected chi connectivity index (χ1v) is 8.43. The Labute approximate surface area is 129 Å². The fourth-order valence-electron chi connectivity index (χ4n) is 2.33. The maximum atomic E-state index is 11.6. The van der Waals surface area contributed by atoms with Gasteiger partial charge in [-0.2, -0.15) is 0 Å². The van der Waals surface area contributed by atoms with Gasteiger partial charge in [0.1, 0.15) is 0 Å². The summed E-state index contributed by atoms with van der Waals surface area (Å²) < 4.78 is 5.27. The molecule has 0 saturated carbocycles. The summed E-state index contributed by atoms with van der Waals surface area (Å²) in [6.07, 6.45) is 9.70. The molecule has 0 atom stereocenters. The average Bonchev–Trinajstić information content (AvgIpc) is 2.48. The molecule has 118 valence electrons. The van der Waals surface area contributed by atoms with E-state index in [4.69, 9.17) is 4.74 Å². The summed E-state index contributed by atoms with van der Waals surface area (Å²) in [6, 6.07) is 8.51. The molecular weight excluding hydrogens is 260 g/mol. The van der Waals surface area contributed by atoms with Gasteiger partial charge in [0.25, 0.3) is 0 Å². The Kier molecular flexibility index (Phi) is 9.60. The number of rotatable bonds is 11. The number of hydrogen-bond donors (Lipinski definition) is 0. The molecule has 2 heteroatoms. The molecule has 0 aliphatic carbocycles. The lowest BCUT2D eigenvalue weighted by atomic mass is 10.1. The molecule has 0 aromatic heterocycles. The number of aryl methyl sites for hydroxylation is 2. The molecule has 0 radical (unpaired) electrons. The molecular formula is C19H30O2. The molecule has 1 aromatic rings. The van der Waals surface area contributed by atoms with Crippen LogP contribution in [0.2, 0.25) is 0 Å².